The number of halogens is 1. The quantitative estimate of drug-likeness (QED) is 0.611. The second kappa shape index (κ2) is 4.63. The number of hydrogen-bond donors (Lipinski definition) is 0. The van der Waals surface area contributed by atoms with Gasteiger partial charge in [0.25, 0.3) is 5.69 Å². The minimum Gasteiger partial charge on any atom is -0.258 e. The fourth-order valence-electron chi connectivity index (χ4n) is 2.42. The molecule has 19 heavy (non-hydrogen) atoms. The highest BCUT2D eigenvalue weighted by Crippen LogP contribution is 2.37. The average Bonchev–Trinajstić information content (AvgIpc) is 2.82. The topological polar surface area (TPSA) is 43.1 Å². The first-order valence-electron chi connectivity index (χ1n) is 5.89. The molecule has 0 fully saturated rings. The van der Waals surface area contributed by atoms with E-state index >= 15 is 0 Å². The molecule has 3 rings (SSSR count). The Balaban J connectivity index is 2.17. The van der Waals surface area contributed by atoms with Crippen LogP contribution in [0.15, 0.2) is 53.0 Å². The van der Waals surface area contributed by atoms with Crippen molar-refractivity contribution in [3.8, 4) is 0 Å². The van der Waals surface area contributed by atoms with Crippen LogP contribution in [-0.2, 0) is 6.42 Å². The van der Waals surface area contributed by atoms with Crippen molar-refractivity contribution < 1.29 is 4.92 Å². The van der Waals surface area contributed by atoms with E-state index in [4.69, 9.17) is 0 Å². The van der Waals surface area contributed by atoms with Gasteiger partial charge in [-0.1, -0.05) is 46.3 Å². The third kappa shape index (κ3) is 2.08. The summed E-state index contributed by atoms with van der Waals surface area (Å²) in [7, 11) is 0. The van der Waals surface area contributed by atoms with Crippen LogP contribution in [0.1, 0.15) is 16.7 Å². The number of benzene rings is 2. The van der Waals surface area contributed by atoms with Gasteiger partial charge in [0.2, 0.25) is 0 Å². The molecule has 0 amide bonds. The maximum Gasteiger partial charge on any atom is 0.278 e. The molecular weight excluding hydrogens is 306 g/mol. The Morgan fingerprint density at radius 2 is 1.89 bits per heavy atom. The van der Waals surface area contributed by atoms with Crippen molar-refractivity contribution in [2.45, 2.75) is 6.42 Å². The molecule has 0 N–H and O–H groups in total. The van der Waals surface area contributed by atoms with Gasteiger partial charge in [0.1, 0.15) is 0 Å². The summed E-state index contributed by atoms with van der Waals surface area (Å²) in [4.78, 5) is 10.9. The van der Waals surface area contributed by atoms with Crippen molar-refractivity contribution in [1.29, 1.82) is 0 Å². The third-order valence-corrected chi connectivity index (χ3v) is 3.77. The summed E-state index contributed by atoms with van der Waals surface area (Å²) in [5.74, 6) is 0. The molecule has 94 valence electrons. The number of nitro benzene ring substituents is 1. The Hall–Kier alpha value is -1.94. The Kier molecular flexibility index (Phi) is 2.95. The lowest BCUT2D eigenvalue weighted by molar-refractivity contribution is -0.385. The van der Waals surface area contributed by atoms with Crippen molar-refractivity contribution in [2.75, 3.05) is 0 Å². The fraction of sp³-hybridized carbons (Fsp3) is 0.0667. The molecule has 1 aliphatic carbocycles. The number of rotatable bonds is 2. The van der Waals surface area contributed by atoms with Gasteiger partial charge in [0, 0.05) is 10.5 Å². The van der Waals surface area contributed by atoms with E-state index in [1.54, 1.807) is 12.1 Å². The monoisotopic (exact) mass is 315 g/mol. The van der Waals surface area contributed by atoms with Crippen LogP contribution in [0.2, 0.25) is 0 Å². The molecule has 2 aromatic carbocycles. The van der Waals surface area contributed by atoms with E-state index in [-0.39, 0.29) is 10.6 Å². The molecule has 0 atom stereocenters. The molecule has 4 heteroatoms. The smallest absolute Gasteiger partial charge is 0.258 e. The molecule has 0 bridgehead atoms. The molecule has 0 saturated heterocycles. The molecule has 0 spiro atoms. The summed E-state index contributed by atoms with van der Waals surface area (Å²) in [5.41, 5.74) is 4.08. The highest BCUT2D eigenvalue weighted by Gasteiger charge is 2.22. The van der Waals surface area contributed by atoms with Crippen molar-refractivity contribution in [2.24, 2.45) is 0 Å². The summed E-state index contributed by atoms with van der Waals surface area (Å²) in [6, 6.07) is 13.2. The summed E-state index contributed by atoms with van der Waals surface area (Å²) < 4.78 is 0.717. The Morgan fingerprint density at radius 3 is 2.68 bits per heavy atom. The summed E-state index contributed by atoms with van der Waals surface area (Å²) >= 11 is 3.28. The second-order valence-electron chi connectivity index (χ2n) is 4.40. The van der Waals surface area contributed by atoms with E-state index in [1.165, 1.54) is 5.56 Å². The van der Waals surface area contributed by atoms with Crippen LogP contribution in [0.4, 0.5) is 5.69 Å². The van der Waals surface area contributed by atoms with Crippen molar-refractivity contribution in [1.82, 2.24) is 0 Å². The van der Waals surface area contributed by atoms with Crippen LogP contribution in [0.5, 0.6) is 0 Å². The predicted molar refractivity (Wildman–Crippen MR) is 78.0 cm³/mol. The maximum absolute atomic E-state index is 11.2. The molecule has 0 heterocycles. The van der Waals surface area contributed by atoms with Crippen LogP contribution in [0.25, 0.3) is 5.57 Å². The van der Waals surface area contributed by atoms with Crippen LogP contribution in [0, 0.1) is 10.1 Å². The van der Waals surface area contributed by atoms with Gasteiger partial charge in [0.05, 0.1) is 10.5 Å². The largest absolute Gasteiger partial charge is 0.278 e. The number of nitro groups is 1. The molecule has 0 aromatic heterocycles. The number of allylic oxidation sites excluding steroid dienone is 1. The molecule has 0 saturated carbocycles. The van der Waals surface area contributed by atoms with Gasteiger partial charge in [-0.3, -0.25) is 10.1 Å². The molecule has 2 aromatic rings. The fourth-order valence-corrected chi connectivity index (χ4v) is 2.77. The number of hydrogen-bond acceptors (Lipinski definition) is 2. The summed E-state index contributed by atoms with van der Waals surface area (Å²) in [6.45, 7) is 0. The highest BCUT2D eigenvalue weighted by atomic mass is 79.9. The summed E-state index contributed by atoms with van der Waals surface area (Å²) in [6.07, 6.45) is 2.89. The lowest BCUT2D eigenvalue weighted by Gasteiger charge is -2.07. The number of fused-ring (bicyclic) bond motifs is 1. The molecule has 0 aliphatic heterocycles. The van der Waals surface area contributed by atoms with E-state index in [1.807, 2.05) is 24.3 Å². The molecule has 3 nitrogen and oxygen atoms in total. The molecule has 0 unspecified atom stereocenters. The van der Waals surface area contributed by atoms with Crippen molar-refractivity contribution >= 4 is 27.2 Å². The second-order valence-corrected chi connectivity index (χ2v) is 5.31. The van der Waals surface area contributed by atoms with E-state index in [9.17, 15) is 10.1 Å². The van der Waals surface area contributed by atoms with Crippen LogP contribution in [-0.4, -0.2) is 4.92 Å². The van der Waals surface area contributed by atoms with Gasteiger partial charge in [-0.15, -0.1) is 0 Å². The Labute approximate surface area is 118 Å². The number of nitrogens with zero attached hydrogens (tertiary/aromatic N) is 1. The van der Waals surface area contributed by atoms with Gasteiger partial charge >= 0.3 is 0 Å². The lowest BCUT2D eigenvalue weighted by atomic mass is 9.98. The molecular formula is C15H10BrNO2. The Morgan fingerprint density at radius 1 is 1.11 bits per heavy atom. The zero-order valence-corrected chi connectivity index (χ0v) is 11.6. The normalized spacial score (nSPS) is 13.0. The highest BCUT2D eigenvalue weighted by molar-refractivity contribution is 9.10. The zero-order valence-electron chi connectivity index (χ0n) is 9.97. The standard InChI is InChI=1S/C15H10BrNO2/c16-11-6-8-14(15(9-11)17(18)19)13-7-5-10-3-1-2-4-12(10)13/h1-4,6-9H,5H2. The molecule has 0 radical (unpaired) electrons. The minimum atomic E-state index is -0.331. The zero-order chi connectivity index (χ0) is 13.4. The van der Waals surface area contributed by atoms with Crippen molar-refractivity contribution in [3.05, 3.63) is 79.8 Å². The minimum absolute atomic E-state index is 0.136. The molecule has 1 aliphatic rings. The SMILES string of the molecule is O=[N+]([O-])c1cc(Br)ccc1C1=CCc2ccccc21. The van der Waals surface area contributed by atoms with E-state index in [0.717, 1.165) is 22.0 Å². The van der Waals surface area contributed by atoms with E-state index < -0.39 is 0 Å². The van der Waals surface area contributed by atoms with E-state index in [2.05, 4.69) is 28.1 Å². The average molecular weight is 316 g/mol. The van der Waals surface area contributed by atoms with Crippen molar-refractivity contribution in [3.63, 3.8) is 0 Å². The van der Waals surface area contributed by atoms with Crippen LogP contribution < -0.4 is 0 Å². The first-order valence-corrected chi connectivity index (χ1v) is 6.69. The van der Waals surface area contributed by atoms with E-state index in [0.29, 0.717) is 5.56 Å². The van der Waals surface area contributed by atoms with Crippen LogP contribution >= 0.6 is 15.9 Å². The van der Waals surface area contributed by atoms with Gasteiger partial charge in [0.15, 0.2) is 0 Å². The first kappa shape index (κ1) is 12.1. The first-order chi connectivity index (χ1) is 9.16. The predicted octanol–water partition coefficient (Wildman–Crippen LogP) is 4.35. The third-order valence-electron chi connectivity index (χ3n) is 3.28. The van der Waals surface area contributed by atoms with Gasteiger partial charge < -0.3 is 0 Å². The van der Waals surface area contributed by atoms with Gasteiger partial charge in [-0.2, -0.15) is 0 Å². The lowest BCUT2D eigenvalue weighted by Crippen LogP contribution is -1.95. The van der Waals surface area contributed by atoms with Gasteiger partial charge in [-0.05, 0) is 35.3 Å². The van der Waals surface area contributed by atoms with Gasteiger partial charge in [-0.25, -0.2) is 0 Å². The van der Waals surface area contributed by atoms with Crippen LogP contribution in [0.3, 0.4) is 0 Å². The Bertz CT molecular complexity index is 707. The maximum atomic E-state index is 11.2. The summed E-state index contributed by atoms with van der Waals surface area (Å²) in [5, 5.41) is 11.2.